The molecule has 4 nitrogen and oxygen atoms in total. The van der Waals surface area contributed by atoms with Crippen LogP contribution in [0.4, 0.5) is 0 Å². The topological polar surface area (TPSA) is 66.8 Å². The van der Waals surface area contributed by atoms with E-state index in [1.807, 2.05) is 0 Å². The molecule has 0 aliphatic rings. The average Bonchev–Trinajstić information content (AvgIpc) is 2.16. The van der Waals surface area contributed by atoms with Gasteiger partial charge in [-0.05, 0) is 26.2 Å². The first-order chi connectivity index (χ1) is 6.57. The highest BCUT2D eigenvalue weighted by atomic mass is 16.5. The van der Waals surface area contributed by atoms with Gasteiger partial charge in [0.05, 0.1) is 19.3 Å². The van der Waals surface area contributed by atoms with E-state index in [9.17, 15) is 4.79 Å². The number of unbranched alkanes of at least 4 members (excludes halogenated alkanes) is 1. The molecule has 0 saturated carbocycles. The van der Waals surface area contributed by atoms with Crippen LogP contribution in [0.1, 0.15) is 26.2 Å². The third-order valence-corrected chi connectivity index (χ3v) is 1.72. The van der Waals surface area contributed by atoms with Gasteiger partial charge in [-0.1, -0.05) is 6.58 Å². The van der Waals surface area contributed by atoms with Crippen LogP contribution in [0.3, 0.4) is 0 Å². The van der Waals surface area contributed by atoms with Gasteiger partial charge in [0.1, 0.15) is 0 Å². The van der Waals surface area contributed by atoms with Crippen LogP contribution in [-0.4, -0.2) is 35.5 Å². The zero-order valence-corrected chi connectivity index (χ0v) is 8.53. The Morgan fingerprint density at radius 3 is 2.64 bits per heavy atom. The fraction of sp³-hybridized carbons (Fsp3) is 0.700. The smallest absolute Gasteiger partial charge is 0.333 e. The summed E-state index contributed by atoms with van der Waals surface area (Å²) in [5.41, 5.74) is 0.389. The van der Waals surface area contributed by atoms with Gasteiger partial charge in [0, 0.05) is 5.57 Å². The Hall–Kier alpha value is -0.870. The molecule has 0 saturated heterocycles. The summed E-state index contributed by atoms with van der Waals surface area (Å²) in [7, 11) is 0. The summed E-state index contributed by atoms with van der Waals surface area (Å²) in [5, 5.41) is 17.5. The van der Waals surface area contributed by atoms with E-state index in [0.717, 1.165) is 6.42 Å². The van der Waals surface area contributed by atoms with Crippen LogP contribution in [0.5, 0.6) is 0 Å². The van der Waals surface area contributed by atoms with Crippen LogP contribution in [-0.2, 0) is 9.53 Å². The summed E-state index contributed by atoms with van der Waals surface area (Å²) >= 11 is 0. The third kappa shape index (κ3) is 6.62. The second-order valence-electron chi connectivity index (χ2n) is 3.25. The summed E-state index contributed by atoms with van der Waals surface area (Å²) in [6.07, 6.45) is 1.29. The van der Waals surface area contributed by atoms with Crippen molar-refractivity contribution < 1.29 is 19.7 Å². The first-order valence-electron chi connectivity index (χ1n) is 4.69. The molecule has 4 heteroatoms. The molecule has 2 N–H and O–H groups in total. The van der Waals surface area contributed by atoms with Gasteiger partial charge in [-0.25, -0.2) is 4.79 Å². The van der Waals surface area contributed by atoms with Gasteiger partial charge < -0.3 is 14.9 Å². The first-order valence-corrected chi connectivity index (χ1v) is 4.69. The van der Waals surface area contributed by atoms with Gasteiger partial charge in [0.2, 0.25) is 0 Å². The number of hydrogen-bond acceptors (Lipinski definition) is 4. The molecule has 14 heavy (non-hydrogen) atoms. The number of rotatable bonds is 7. The van der Waals surface area contributed by atoms with Crippen molar-refractivity contribution >= 4 is 5.97 Å². The average molecular weight is 202 g/mol. The highest BCUT2D eigenvalue weighted by Crippen LogP contribution is 2.01. The number of carbonyl (C=O) groups excluding carboxylic acids is 1. The maximum Gasteiger partial charge on any atom is 0.333 e. The van der Waals surface area contributed by atoms with Crippen molar-refractivity contribution in [1.82, 2.24) is 0 Å². The predicted octanol–water partition coefficient (Wildman–Crippen LogP) is 0.629. The molecule has 1 atom stereocenters. The number of carbonyl (C=O) groups is 1. The molecular formula is C10H18O4. The van der Waals surface area contributed by atoms with Gasteiger partial charge in [0.25, 0.3) is 0 Å². The van der Waals surface area contributed by atoms with Crippen LogP contribution < -0.4 is 0 Å². The molecule has 0 aliphatic heterocycles. The van der Waals surface area contributed by atoms with E-state index in [4.69, 9.17) is 14.9 Å². The van der Waals surface area contributed by atoms with E-state index in [1.165, 1.54) is 0 Å². The molecule has 0 heterocycles. The van der Waals surface area contributed by atoms with Crippen LogP contribution in [0.25, 0.3) is 0 Å². The zero-order valence-electron chi connectivity index (χ0n) is 8.53. The standard InChI is InChI=1S/C10H18O4/c1-8(2)10(13)14-6-4-3-5-9(12)7-11/h9,11-12H,1,3-7H2,2H3. The zero-order chi connectivity index (χ0) is 11.0. The third-order valence-electron chi connectivity index (χ3n) is 1.72. The van der Waals surface area contributed by atoms with Crippen LogP contribution >= 0.6 is 0 Å². The lowest BCUT2D eigenvalue weighted by Crippen LogP contribution is -2.12. The Kier molecular flexibility index (Phi) is 7.06. The lowest BCUT2D eigenvalue weighted by atomic mass is 10.2. The molecule has 0 radical (unpaired) electrons. The number of hydrogen-bond donors (Lipinski definition) is 2. The molecule has 0 aromatic heterocycles. The molecule has 0 aliphatic carbocycles. The Morgan fingerprint density at radius 2 is 2.14 bits per heavy atom. The minimum absolute atomic E-state index is 0.217. The summed E-state index contributed by atoms with van der Waals surface area (Å²) in [4.78, 5) is 10.9. The molecule has 0 fully saturated rings. The van der Waals surface area contributed by atoms with Crippen molar-refractivity contribution in [3.05, 3.63) is 12.2 Å². The van der Waals surface area contributed by atoms with Crippen molar-refractivity contribution in [3.8, 4) is 0 Å². The quantitative estimate of drug-likeness (QED) is 0.361. The Bertz CT molecular complexity index is 189. The minimum Gasteiger partial charge on any atom is -0.462 e. The molecule has 0 aromatic rings. The first kappa shape index (κ1) is 13.1. The van der Waals surface area contributed by atoms with Gasteiger partial charge in [-0.2, -0.15) is 0 Å². The van der Waals surface area contributed by atoms with E-state index >= 15 is 0 Å². The maximum atomic E-state index is 10.9. The number of aliphatic hydroxyl groups excluding tert-OH is 2. The highest BCUT2D eigenvalue weighted by molar-refractivity contribution is 5.86. The molecule has 0 amide bonds. The van der Waals surface area contributed by atoms with E-state index < -0.39 is 6.10 Å². The normalized spacial score (nSPS) is 12.2. The number of ether oxygens (including phenoxy) is 1. The number of esters is 1. The van der Waals surface area contributed by atoms with Gasteiger partial charge in [-0.15, -0.1) is 0 Å². The van der Waals surface area contributed by atoms with Crippen molar-refractivity contribution in [2.24, 2.45) is 0 Å². The summed E-state index contributed by atoms with van der Waals surface area (Å²) in [6.45, 7) is 5.16. The lowest BCUT2D eigenvalue weighted by Gasteiger charge is -2.06. The molecule has 0 spiro atoms. The lowest BCUT2D eigenvalue weighted by molar-refractivity contribution is -0.139. The van der Waals surface area contributed by atoms with Crippen molar-refractivity contribution in [2.45, 2.75) is 32.3 Å². The van der Waals surface area contributed by atoms with Crippen LogP contribution in [0, 0.1) is 0 Å². The minimum atomic E-state index is -0.660. The largest absolute Gasteiger partial charge is 0.462 e. The highest BCUT2D eigenvalue weighted by Gasteiger charge is 2.03. The molecule has 1 unspecified atom stereocenters. The van der Waals surface area contributed by atoms with E-state index in [-0.39, 0.29) is 12.6 Å². The summed E-state index contributed by atoms with van der Waals surface area (Å²) < 4.78 is 4.84. The van der Waals surface area contributed by atoms with Gasteiger partial charge in [-0.3, -0.25) is 0 Å². The maximum absolute atomic E-state index is 10.9. The van der Waals surface area contributed by atoms with E-state index in [2.05, 4.69) is 6.58 Å². The van der Waals surface area contributed by atoms with Crippen molar-refractivity contribution in [1.29, 1.82) is 0 Å². The van der Waals surface area contributed by atoms with Gasteiger partial charge in [0.15, 0.2) is 0 Å². The Balaban J connectivity index is 3.30. The fourth-order valence-corrected chi connectivity index (χ4v) is 0.861. The van der Waals surface area contributed by atoms with Crippen LogP contribution in [0.2, 0.25) is 0 Å². The van der Waals surface area contributed by atoms with Gasteiger partial charge >= 0.3 is 5.97 Å². The molecule has 0 rings (SSSR count). The molecular weight excluding hydrogens is 184 g/mol. The van der Waals surface area contributed by atoms with Crippen LogP contribution in [0.15, 0.2) is 12.2 Å². The SMILES string of the molecule is C=C(C)C(=O)OCCCCC(O)CO. The summed E-state index contributed by atoms with van der Waals surface area (Å²) in [6, 6.07) is 0. The summed E-state index contributed by atoms with van der Waals surface area (Å²) in [5.74, 6) is -0.382. The Morgan fingerprint density at radius 1 is 1.50 bits per heavy atom. The van der Waals surface area contributed by atoms with Crippen molar-refractivity contribution in [3.63, 3.8) is 0 Å². The molecule has 0 aromatic carbocycles. The molecule has 0 bridgehead atoms. The Labute approximate surface area is 84.2 Å². The van der Waals surface area contributed by atoms with E-state index in [0.29, 0.717) is 25.0 Å². The predicted molar refractivity (Wildman–Crippen MR) is 52.7 cm³/mol. The fourth-order valence-electron chi connectivity index (χ4n) is 0.861. The molecule has 82 valence electrons. The van der Waals surface area contributed by atoms with Crippen molar-refractivity contribution in [2.75, 3.05) is 13.2 Å². The second-order valence-corrected chi connectivity index (χ2v) is 3.25. The monoisotopic (exact) mass is 202 g/mol. The van der Waals surface area contributed by atoms with E-state index in [1.54, 1.807) is 6.92 Å². The second kappa shape index (κ2) is 7.53. The number of aliphatic hydroxyl groups is 2.